The van der Waals surface area contributed by atoms with Crippen molar-refractivity contribution in [2.45, 2.75) is 25.2 Å². The van der Waals surface area contributed by atoms with E-state index in [1.54, 1.807) is 32.4 Å². The summed E-state index contributed by atoms with van der Waals surface area (Å²) in [6.07, 6.45) is 3.14. The van der Waals surface area contributed by atoms with E-state index in [0.717, 1.165) is 22.0 Å². The maximum Gasteiger partial charge on any atom is 0.244 e. The maximum absolute atomic E-state index is 12.5. The lowest BCUT2D eigenvalue weighted by Gasteiger charge is -2.09. The highest BCUT2D eigenvalue weighted by molar-refractivity contribution is 7.99. The Kier molecular flexibility index (Phi) is 8.99. The fraction of sp³-hybridized carbons (Fsp3) is 0.214. The van der Waals surface area contributed by atoms with E-state index in [1.165, 1.54) is 17.8 Å². The molecule has 0 fully saturated rings. The van der Waals surface area contributed by atoms with Gasteiger partial charge in [-0.25, -0.2) is 0 Å². The van der Waals surface area contributed by atoms with Gasteiger partial charge in [-0.2, -0.15) is 0 Å². The summed E-state index contributed by atoms with van der Waals surface area (Å²) in [6.45, 7) is 2.78. The van der Waals surface area contributed by atoms with E-state index in [9.17, 15) is 9.59 Å². The van der Waals surface area contributed by atoms with Crippen LogP contribution in [0.5, 0.6) is 11.5 Å². The molecule has 0 spiro atoms. The monoisotopic (exact) mass is 531 g/mol. The largest absolute Gasteiger partial charge is 0.493 e. The van der Waals surface area contributed by atoms with Crippen LogP contribution in [0.2, 0.25) is 0 Å². The van der Waals surface area contributed by atoms with Crippen LogP contribution in [0.15, 0.2) is 71.9 Å². The Bertz CT molecular complexity index is 1470. The molecule has 0 aliphatic rings. The molecule has 38 heavy (non-hydrogen) atoms. The number of amides is 2. The van der Waals surface area contributed by atoms with E-state index in [0.29, 0.717) is 29.0 Å². The van der Waals surface area contributed by atoms with Crippen LogP contribution in [-0.2, 0) is 22.7 Å². The lowest BCUT2D eigenvalue weighted by atomic mass is 10.1. The van der Waals surface area contributed by atoms with Gasteiger partial charge in [0.25, 0.3) is 0 Å². The first-order valence-electron chi connectivity index (χ1n) is 12.0. The summed E-state index contributed by atoms with van der Waals surface area (Å²) in [5.74, 6) is 1.60. The zero-order chi connectivity index (χ0) is 26.9. The van der Waals surface area contributed by atoms with Gasteiger partial charge in [0.1, 0.15) is 0 Å². The topological polar surface area (TPSA) is 107 Å². The number of fused-ring (bicyclic) bond motifs is 1. The predicted molar refractivity (Wildman–Crippen MR) is 149 cm³/mol. The van der Waals surface area contributed by atoms with Gasteiger partial charge in [0, 0.05) is 18.3 Å². The van der Waals surface area contributed by atoms with E-state index in [2.05, 4.69) is 20.8 Å². The van der Waals surface area contributed by atoms with Crippen molar-refractivity contribution in [3.05, 3.63) is 78.1 Å². The number of anilines is 1. The molecule has 9 nitrogen and oxygen atoms in total. The normalized spacial score (nSPS) is 11.0. The van der Waals surface area contributed by atoms with Crippen LogP contribution >= 0.6 is 11.8 Å². The van der Waals surface area contributed by atoms with Crippen LogP contribution in [0.25, 0.3) is 16.8 Å². The van der Waals surface area contributed by atoms with Gasteiger partial charge in [0.05, 0.1) is 26.5 Å². The smallest absolute Gasteiger partial charge is 0.244 e. The van der Waals surface area contributed by atoms with Gasteiger partial charge in [-0.05, 0) is 53.6 Å². The number of rotatable bonds is 11. The first-order chi connectivity index (χ1) is 18.5. The van der Waals surface area contributed by atoms with Crippen LogP contribution in [0.3, 0.4) is 0 Å². The van der Waals surface area contributed by atoms with Crippen LogP contribution in [0.1, 0.15) is 18.3 Å². The minimum Gasteiger partial charge on any atom is -0.493 e. The SMILES string of the molecule is CCn1c(CNC(=O)C=Cc2ccc(OC)c(OC)c2)nnc1SCC(=O)Nc1ccc2ccccc2c1. The number of nitrogens with one attached hydrogen (secondary N) is 2. The van der Waals surface area contributed by atoms with Gasteiger partial charge in [-0.1, -0.05) is 48.2 Å². The number of carbonyl (C=O) groups excluding carboxylic acids is 2. The Labute approximate surface area is 225 Å². The summed E-state index contributed by atoms with van der Waals surface area (Å²) in [6, 6.07) is 19.2. The zero-order valence-corrected chi connectivity index (χ0v) is 22.2. The zero-order valence-electron chi connectivity index (χ0n) is 21.4. The summed E-state index contributed by atoms with van der Waals surface area (Å²) in [5, 5.41) is 17.0. The fourth-order valence-electron chi connectivity index (χ4n) is 3.82. The molecule has 196 valence electrons. The number of carbonyl (C=O) groups is 2. The molecule has 3 aromatic carbocycles. The standard InChI is InChI=1S/C28H29N5O4S/c1-4-33-25(17-29-26(34)14-10-19-9-13-23(36-2)24(15-19)37-3)31-32-28(33)38-18-27(35)30-22-12-11-20-7-5-6-8-21(20)16-22/h5-16H,4,17-18H2,1-3H3,(H,29,34)(H,30,35). The summed E-state index contributed by atoms with van der Waals surface area (Å²) >= 11 is 1.30. The minimum atomic E-state index is -0.269. The summed E-state index contributed by atoms with van der Waals surface area (Å²) in [7, 11) is 3.13. The average molecular weight is 532 g/mol. The Hall–Kier alpha value is -4.31. The molecule has 1 heterocycles. The van der Waals surface area contributed by atoms with E-state index in [-0.39, 0.29) is 24.1 Å². The predicted octanol–water partition coefficient (Wildman–Crippen LogP) is 4.53. The molecule has 0 aliphatic carbocycles. The highest BCUT2D eigenvalue weighted by atomic mass is 32.2. The number of methoxy groups -OCH3 is 2. The molecule has 10 heteroatoms. The number of nitrogens with zero attached hydrogens (tertiary/aromatic N) is 3. The van der Waals surface area contributed by atoms with E-state index < -0.39 is 0 Å². The van der Waals surface area contributed by atoms with Crippen LogP contribution in [0, 0.1) is 0 Å². The van der Waals surface area contributed by atoms with Crippen molar-refractivity contribution < 1.29 is 19.1 Å². The van der Waals surface area contributed by atoms with E-state index >= 15 is 0 Å². The lowest BCUT2D eigenvalue weighted by molar-refractivity contribution is -0.116. The molecule has 0 bridgehead atoms. The molecule has 0 aliphatic heterocycles. The van der Waals surface area contributed by atoms with Gasteiger partial charge in [0.15, 0.2) is 22.5 Å². The Morgan fingerprint density at radius 1 is 0.974 bits per heavy atom. The van der Waals surface area contributed by atoms with Crippen LogP contribution < -0.4 is 20.1 Å². The third-order valence-corrected chi connectivity index (χ3v) is 6.70. The fourth-order valence-corrected chi connectivity index (χ4v) is 4.64. The number of ether oxygens (including phenoxy) is 2. The number of thioether (sulfide) groups is 1. The van der Waals surface area contributed by atoms with Crippen LogP contribution in [-0.4, -0.2) is 46.6 Å². The van der Waals surface area contributed by atoms with E-state index in [1.807, 2.05) is 60.0 Å². The Morgan fingerprint density at radius 2 is 1.76 bits per heavy atom. The summed E-state index contributed by atoms with van der Waals surface area (Å²) in [5.41, 5.74) is 1.55. The third-order valence-electron chi connectivity index (χ3n) is 5.73. The molecule has 4 rings (SSSR count). The number of benzene rings is 3. The molecule has 0 saturated carbocycles. The van der Waals surface area contributed by atoms with Gasteiger partial charge < -0.3 is 24.7 Å². The second kappa shape index (κ2) is 12.8. The average Bonchev–Trinajstić information content (AvgIpc) is 3.35. The van der Waals surface area contributed by atoms with E-state index in [4.69, 9.17) is 9.47 Å². The Balaban J connectivity index is 1.30. The molecule has 2 amide bonds. The minimum absolute atomic E-state index is 0.133. The molecule has 4 aromatic rings. The number of hydrogen-bond acceptors (Lipinski definition) is 7. The Morgan fingerprint density at radius 3 is 2.53 bits per heavy atom. The van der Waals surface area contributed by atoms with Gasteiger partial charge >= 0.3 is 0 Å². The highest BCUT2D eigenvalue weighted by Crippen LogP contribution is 2.28. The van der Waals surface area contributed by atoms with Crippen molar-refractivity contribution in [2.75, 3.05) is 25.3 Å². The highest BCUT2D eigenvalue weighted by Gasteiger charge is 2.14. The van der Waals surface area contributed by atoms with Crippen molar-refractivity contribution >= 4 is 46.1 Å². The quantitative estimate of drug-likeness (QED) is 0.216. The number of hydrogen-bond donors (Lipinski definition) is 2. The lowest BCUT2D eigenvalue weighted by Crippen LogP contribution is -2.22. The van der Waals surface area contributed by atoms with Crippen molar-refractivity contribution in [1.29, 1.82) is 0 Å². The maximum atomic E-state index is 12.5. The van der Waals surface area contributed by atoms with Crippen molar-refractivity contribution in [1.82, 2.24) is 20.1 Å². The second-order valence-electron chi connectivity index (χ2n) is 8.21. The molecular formula is C28H29N5O4S. The molecule has 2 N–H and O–H groups in total. The molecule has 1 aromatic heterocycles. The second-order valence-corrected chi connectivity index (χ2v) is 9.15. The van der Waals surface area contributed by atoms with Gasteiger partial charge in [0.2, 0.25) is 11.8 Å². The van der Waals surface area contributed by atoms with Crippen molar-refractivity contribution in [2.24, 2.45) is 0 Å². The molecule has 0 saturated heterocycles. The number of aromatic nitrogens is 3. The summed E-state index contributed by atoms with van der Waals surface area (Å²) in [4.78, 5) is 24.9. The molecular weight excluding hydrogens is 502 g/mol. The third kappa shape index (κ3) is 6.71. The summed E-state index contributed by atoms with van der Waals surface area (Å²) < 4.78 is 12.4. The first kappa shape index (κ1) is 26.7. The molecule has 0 unspecified atom stereocenters. The van der Waals surface area contributed by atoms with Crippen molar-refractivity contribution in [3.63, 3.8) is 0 Å². The van der Waals surface area contributed by atoms with Crippen LogP contribution in [0.4, 0.5) is 5.69 Å². The van der Waals surface area contributed by atoms with Crippen molar-refractivity contribution in [3.8, 4) is 11.5 Å². The first-order valence-corrected chi connectivity index (χ1v) is 13.0. The van der Waals surface area contributed by atoms with Gasteiger partial charge in [-0.15, -0.1) is 10.2 Å². The van der Waals surface area contributed by atoms with Gasteiger partial charge in [-0.3, -0.25) is 9.59 Å². The molecule has 0 radical (unpaired) electrons. The molecule has 0 atom stereocenters.